The molecule has 3 aromatic rings. The van der Waals surface area contributed by atoms with Crippen LogP contribution in [0.5, 0.6) is 0 Å². The van der Waals surface area contributed by atoms with Gasteiger partial charge in [-0.25, -0.2) is 14.6 Å². The molecule has 0 unspecified atom stereocenters. The van der Waals surface area contributed by atoms with Crippen LogP contribution >= 0.6 is 11.6 Å². The highest BCUT2D eigenvalue weighted by Crippen LogP contribution is 2.43. The molecule has 5 rings (SSSR count). The molecule has 0 bridgehead atoms. The van der Waals surface area contributed by atoms with E-state index in [9.17, 15) is 4.79 Å². The summed E-state index contributed by atoms with van der Waals surface area (Å²) in [6.45, 7) is 10.6. The number of benzene rings is 2. The number of imidazole rings is 1. The van der Waals surface area contributed by atoms with Crippen molar-refractivity contribution < 1.29 is 9.53 Å². The SMILES string of the molecule is [C-]#[N+]c1ccc2ncn(C[C@H]3CCC[C@]4(C3)CN(c3ccc(C)cc3Cl)C(=O)O4)c2c1. The maximum atomic E-state index is 12.8. The van der Waals surface area contributed by atoms with Gasteiger partial charge in [0.25, 0.3) is 0 Å². The molecule has 1 saturated carbocycles. The molecule has 1 aliphatic heterocycles. The van der Waals surface area contributed by atoms with Gasteiger partial charge in [-0.1, -0.05) is 23.7 Å². The Bertz CT molecular complexity index is 1210. The Labute approximate surface area is 186 Å². The number of anilines is 1. The second kappa shape index (κ2) is 7.58. The summed E-state index contributed by atoms with van der Waals surface area (Å²) >= 11 is 6.43. The number of amides is 1. The summed E-state index contributed by atoms with van der Waals surface area (Å²) in [6, 6.07) is 11.3. The lowest BCUT2D eigenvalue weighted by Gasteiger charge is -2.36. The van der Waals surface area contributed by atoms with E-state index in [1.807, 2.05) is 43.6 Å². The monoisotopic (exact) mass is 434 g/mol. The molecule has 2 atom stereocenters. The van der Waals surface area contributed by atoms with Crippen LogP contribution in [0.15, 0.2) is 42.7 Å². The van der Waals surface area contributed by atoms with E-state index >= 15 is 0 Å². The molecule has 6 nitrogen and oxygen atoms in total. The van der Waals surface area contributed by atoms with Gasteiger partial charge in [0.1, 0.15) is 5.60 Å². The molecule has 1 saturated heterocycles. The number of ether oxygens (including phenoxy) is 1. The van der Waals surface area contributed by atoms with E-state index in [1.54, 1.807) is 11.0 Å². The summed E-state index contributed by atoms with van der Waals surface area (Å²) in [6.07, 6.45) is 5.28. The Balaban J connectivity index is 1.36. The zero-order valence-corrected chi connectivity index (χ0v) is 18.1. The van der Waals surface area contributed by atoms with E-state index in [2.05, 4.69) is 14.4 Å². The second-order valence-electron chi connectivity index (χ2n) is 8.74. The Kier molecular flexibility index (Phi) is 4.86. The van der Waals surface area contributed by atoms with E-state index in [4.69, 9.17) is 22.9 Å². The first-order valence-corrected chi connectivity index (χ1v) is 10.9. The fraction of sp³-hybridized carbons (Fsp3) is 0.375. The fourth-order valence-corrected chi connectivity index (χ4v) is 5.35. The highest BCUT2D eigenvalue weighted by Gasteiger charge is 2.48. The number of hydrogen-bond acceptors (Lipinski definition) is 3. The van der Waals surface area contributed by atoms with E-state index < -0.39 is 5.60 Å². The van der Waals surface area contributed by atoms with Crippen molar-refractivity contribution in [2.24, 2.45) is 5.92 Å². The molecule has 2 aromatic carbocycles. The first kappa shape index (κ1) is 19.9. The van der Waals surface area contributed by atoms with Crippen LogP contribution in [-0.2, 0) is 11.3 Å². The van der Waals surface area contributed by atoms with Crippen molar-refractivity contribution in [1.29, 1.82) is 0 Å². The fourth-order valence-electron chi connectivity index (χ4n) is 5.01. The van der Waals surface area contributed by atoms with Gasteiger partial charge >= 0.3 is 6.09 Å². The maximum absolute atomic E-state index is 12.8. The van der Waals surface area contributed by atoms with Gasteiger partial charge in [-0.15, -0.1) is 0 Å². The minimum atomic E-state index is -0.480. The number of carbonyl (C=O) groups excluding carboxylic acids is 1. The zero-order chi connectivity index (χ0) is 21.6. The maximum Gasteiger partial charge on any atom is 0.415 e. The topological polar surface area (TPSA) is 51.7 Å². The number of aryl methyl sites for hydroxylation is 1. The molecule has 7 heteroatoms. The molecule has 31 heavy (non-hydrogen) atoms. The van der Waals surface area contributed by atoms with Gasteiger partial charge in [0.05, 0.1) is 41.2 Å². The van der Waals surface area contributed by atoms with E-state index in [-0.39, 0.29) is 6.09 Å². The normalized spacial score (nSPS) is 23.3. The van der Waals surface area contributed by atoms with Crippen LogP contribution in [-0.4, -0.2) is 27.8 Å². The van der Waals surface area contributed by atoms with Gasteiger partial charge in [-0.3, -0.25) is 4.90 Å². The summed E-state index contributed by atoms with van der Waals surface area (Å²) in [5.41, 5.74) is 3.78. The van der Waals surface area contributed by atoms with Gasteiger partial charge in [0, 0.05) is 6.54 Å². The molecule has 2 fully saturated rings. The van der Waals surface area contributed by atoms with Gasteiger partial charge in [0.2, 0.25) is 0 Å². The molecule has 0 N–H and O–H groups in total. The smallest absolute Gasteiger partial charge is 0.415 e. The third kappa shape index (κ3) is 3.64. The largest absolute Gasteiger partial charge is 0.441 e. The number of aromatic nitrogens is 2. The average Bonchev–Trinajstić information content (AvgIpc) is 3.28. The molecule has 2 aliphatic rings. The first-order chi connectivity index (χ1) is 15.0. The van der Waals surface area contributed by atoms with Crippen LogP contribution in [0.1, 0.15) is 31.2 Å². The molecule has 1 amide bonds. The van der Waals surface area contributed by atoms with E-state index in [0.29, 0.717) is 28.9 Å². The molecular weight excluding hydrogens is 412 g/mol. The summed E-state index contributed by atoms with van der Waals surface area (Å²) in [7, 11) is 0. The van der Waals surface area contributed by atoms with E-state index in [0.717, 1.165) is 48.8 Å². The predicted molar refractivity (Wildman–Crippen MR) is 121 cm³/mol. The Morgan fingerprint density at radius 2 is 2.19 bits per heavy atom. The molecule has 2 heterocycles. The Hall–Kier alpha value is -3.04. The number of carbonyl (C=O) groups is 1. The average molecular weight is 435 g/mol. The van der Waals surface area contributed by atoms with Crippen LogP contribution in [0.25, 0.3) is 15.9 Å². The highest BCUT2D eigenvalue weighted by molar-refractivity contribution is 6.33. The molecule has 1 aliphatic carbocycles. The van der Waals surface area contributed by atoms with Gasteiger partial charge in [-0.2, -0.15) is 0 Å². The first-order valence-electron chi connectivity index (χ1n) is 10.6. The third-order valence-electron chi connectivity index (χ3n) is 6.46. The molecule has 1 aromatic heterocycles. The standard InChI is InChI=1S/C24H23ClN4O2/c1-16-5-8-21(19(25)10-16)29-14-24(31-23(29)30)9-3-4-17(12-24)13-28-15-27-20-7-6-18(26-2)11-22(20)28/h5-8,10-11,15,17H,3-4,9,12-14H2,1H3/t17-,24-/m0/s1. The van der Waals surface area contributed by atoms with Crippen molar-refractivity contribution in [3.05, 3.63) is 64.7 Å². The summed E-state index contributed by atoms with van der Waals surface area (Å²) in [5.74, 6) is 0.365. The third-order valence-corrected chi connectivity index (χ3v) is 6.76. The molecule has 0 radical (unpaired) electrons. The molecular formula is C24H23ClN4O2. The minimum absolute atomic E-state index is 0.318. The van der Waals surface area contributed by atoms with Crippen molar-refractivity contribution in [1.82, 2.24) is 9.55 Å². The van der Waals surface area contributed by atoms with Crippen LogP contribution in [0, 0.1) is 19.4 Å². The van der Waals surface area contributed by atoms with Gasteiger partial charge in [0.15, 0.2) is 5.69 Å². The number of fused-ring (bicyclic) bond motifs is 1. The lowest BCUT2D eigenvalue weighted by Crippen LogP contribution is -2.40. The van der Waals surface area contributed by atoms with Crippen LogP contribution in [0.3, 0.4) is 0 Å². The lowest BCUT2D eigenvalue weighted by molar-refractivity contribution is 0.00439. The lowest BCUT2D eigenvalue weighted by atomic mass is 9.78. The predicted octanol–water partition coefficient (Wildman–Crippen LogP) is 6.13. The summed E-state index contributed by atoms with van der Waals surface area (Å²) < 4.78 is 8.10. The summed E-state index contributed by atoms with van der Waals surface area (Å²) in [4.78, 5) is 22.5. The number of rotatable bonds is 3. The van der Waals surface area contributed by atoms with Crippen LogP contribution in [0.4, 0.5) is 16.2 Å². The Morgan fingerprint density at radius 1 is 1.32 bits per heavy atom. The van der Waals surface area contributed by atoms with Gasteiger partial charge in [-0.05, 0) is 68.4 Å². The second-order valence-corrected chi connectivity index (χ2v) is 9.14. The number of halogens is 1. The zero-order valence-electron chi connectivity index (χ0n) is 17.3. The van der Waals surface area contributed by atoms with Crippen LogP contribution < -0.4 is 4.90 Å². The van der Waals surface area contributed by atoms with Crippen molar-refractivity contribution in [3.63, 3.8) is 0 Å². The van der Waals surface area contributed by atoms with Crippen molar-refractivity contribution >= 4 is 40.1 Å². The quantitative estimate of drug-likeness (QED) is 0.465. The molecule has 1 spiro atoms. The number of nitrogens with zero attached hydrogens (tertiary/aromatic N) is 4. The molecule has 158 valence electrons. The highest BCUT2D eigenvalue weighted by atomic mass is 35.5. The number of hydrogen-bond donors (Lipinski definition) is 0. The van der Waals surface area contributed by atoms with Crippen molar-refractivity contribution in [2.45, 2.75) is 44.8 Å². The Morgan fingerprint density at radius 3 is 3.00 bits per heavy atom. The van der Waals surface area contributed by atoms with Crippen molar-refractivity contribution in [3.8, 4) is 0 Å². The van der Waals surface area contributed by atoms with Gasteiger partial charge < -0.3 is 9.30 Å². The minimum Gasteiger partial charge on any atom is -0.441 e. The van der Waals surface area contributed by atoms with Crippen LogP contribution in [0.2, 0.25) is 5.02 Å². The van der Waals surface area contributed by atoms with E-state index in [1.165, 1.54) is 0 Å². The van der Waals surface area contributed by atoms with Crippen molar-refractivity contribution in [2.75, 3.05) is 11.4 Å². The summed E-state index contributed by atoms with van der Waals surface area (Å²) in [5, 5.41) is 0.571.